The smallest absolute Gasteiger partial charge is 0.321 e. The van der Waals surface area contributed by atoms with E-state index >= 15 is 0 Å². The van der Waals surface area contributed by atoms with Crippen molar-refractivity contribution in [3.63, 3.8) is 0 Å². The molecule has 112 valence electrons. The van der Waals surface area contributed by atoms with Crippen LogP contribution in [0.15, 0.2) is 24.5 Å². The van der Waals surface area contributed by atoms with Crippen LogP contribution >= 0.6 is 11.3 Å². The minimum absolute atomic E-state index is 0.0526. The van der Waals surface area contributed by atoms with Crippen LogP contribution in [0, 0.1) is 12.3 Å². The second-order valence-corrected chi connectivity index (χ2v) is 7.04. The zero-order valence-electron chi connectivity index (χ0n) is 12.7. The standard InChI is InChI=1S/C15H20N4OS/c1-10-12(11-6-5-7-16-8-11)21-14(18-10)19-13(20)17-9-15(2,3)4/h5-8H,9H2,1-4H3,(H2,17,18,19,20). The average Bonchev–Trinajstić information content (AvgIpc) is 2.77. The van der Waals surface area contributed by atoms with Crippen molar-refractivity contribution in [2.45, 2.75) is 27.7 Å². The number of urea groups is 1. The molecular weight excluding hydrogens is 284 g/mol. The van der Waals surface area contributed by atoms with Gasteiger partial charge in [0.15, 0.2) is 5.13 Å². The summed E-state index contributed by atoms with van der Waals surface area (Å²) in [5.74, 6) is 0. The summed E-state index contributed by atoms with van der Waals surface area (Å²) in [5, 5.41) is 6.22. The summed E-state index contributed by atoms with van der Waals surface area (Å²) in [5.41, 5.74) is 1.95. The van der Waals surface area contributed by atoms with E-state index in [0.29, 0.717) is 11.7 Å². The van der Waals surface area contributed by atoms with Crippen molar-refractivity contribution in [3.8, 4) is 10.4 Å². The Morgan fingerprint density at radius 3 is 2.76 bits per heavy atom. The number of anilines is 1. The summed E-state index contributed by atoms with van der Waals surface area (Å²) in [6.07, 6.45) is 3.53. The van der Waals surface area contributed by atoms with Gasteiger partial charge in [-0.1, -0.05) is 38.2 Å². The van der Waals surface area contributed by atoms with Crippen molar-refractivity contribution in [1.82, 2.24) is 15.3 Å². The van der Waals surface area contributed by atoms with Gasteiger partial charge in [0.1, 0.15) is 0 Å². The molecule has 0 aliphatic heterocycles. The van der Waals surface area contributed by atoms with Gasteiger partial charge in [-0.2, -0.15) is 0 Å². The number of rotatable bonds is 3. The Labute approximate surface area is 128 Å². The minimum atomic E-state index is -0.226. The van der Waals surface area contributed by atoms with E-state index in [4.69, 9.17) is 0 Å². The lowest BCUT2D eigenvalue weighted by Gasteiger charge is -2.18. The van der Waals surface area contributed by atoms with Gasteiger partial charge in [0.05, 0.1) is 10.6 Å². The third kappa shape index (κ3) is 4.53. The molecule has 0 spiro atoms. The Kier molecular flexibility index (Phi) is 4.57. The van der Waals surface area contributed by atoms with Gasteiger partial charge in [-0.3, -0.25) is 10.3 Å². The Balaban J connectivity index is 2.04. The number of nitrogens with zero attached hydrogens (tertiary/aromatic N) is 2. The molecule has 2 amide bonds. The molecule has 0 atom stereocenters. The second kappa shape index (κ2) is 6.22. The summed E-state index contributed by atoms with van der Waals surface area (Å²) in [4.78, 5) is 21.4. The van der Waals surface area contributed by atoms with Crippen LogP contribution in [0.25, 0.3) is 10.4 Å². The Morgan fingerprint density at radius 1 is 1.38 bits per heavy atom. The average molecular weight is 304 g/mol. The second-order valence-electron chi connectivity index (χ2n) is 6.04. The van der Waals surface area contributed by atoms with Crippen molar-refractivity contribution in [1.29, 1.82) is 0 Å². The van der Waals surface area contributed by atoms with Crippen LogP contribution in [0.4, 0.5) is 9.93 Å². The fourth-order valence-electron chi connectivity index (χ4n) is 1.70. The molecule has 0 fully saturated rings. The van der Waals surface area contributed by atoms with Crippen LogP contribution < -0.4 is 10.6 Å². The number of aryl methyl sites for hydroxylation is 1. The lowest BCUT2D eigenvalue weighted by atomic mass is 9.97. The highest BCUT2D eigenvalue weighted by atomic mass is 32.1. The summed E-state index contributed by atoms with van der Waals surface area (Å²) in [7, 11) is 0. The van der Waals surface area contributed by atoms with Gasteiger partial charge in [-0.15, -0.1) is 0 Å². The molecule has 0 aliphatic rings. The molecule has 5 nitrogen and oxygen atoms in total. The van der Waals surface area contributed by atoms with E-state index in [1.165, 1.54) is 11.3 Å². The van der Waals surface area contributed by atoms with Crippen LogP contribution in [0.2, 0.25) is 0 Å². The first-order valence-corrected chi connectivity index (χ1v) is 7.59. The molecule has 6 heteroatoms. The largest absolute Gasteiger partial charge is 0.337 e. The molecule has 0 radical (unpaired) electrons. The maximum atomic E-state index is 11.8. The monoisotopic (exact) mass is 304 g/mol. The number of aromatic nitrogens is 2. The minimum Gasteiger partial charge on any atom is -0.337 e. The number of nitrogens with one attached hydrogen (secondary N) is 2. The number of hydrogen-bond donors (Lipinski definition) is 2. The predicted octanol–water partition coefficient (Wildman–Crippen LogP) is 3.68. The van der Waals surface area contributed by atoms with E-state index in [-0.39, 0.29) is 11.4 Å². The van der Waals surface area contributed by atoms with Crippen molar-refractivity contribution in [2.24, 2.45) is 5.41 Å². The Bertz CT molecular complexity index is 616. The first-order chi connectivity index (χ1) is 9.85. The number of carbonyl (C=O) groups excluding carboxylic acids is 1. The molecule has 2 rings (SSSR count). The molecule has 0 bridgehead atoms. The maximum Gasteiger partial charge on any atom is 0.321 e. The van der Waals surface area contributed by atoms with Gasteiger partial charge >= 0.3 is 6.03 Å². The molecule has 2 aromatic heterocycles. The van der Waals surface area contributed by atoms with Gasteiger partial charge < -0.3 is 5.32 Å². The lowest BCUT2D eigenvalue weighted by Crippen LogP contribution is -2.35. The van der Waals surface area contributed by atoms with Crippen molar-refractivity contribution in [3.05, 3.63) is 30.2 Å². The summed E-state index contributed by atoms with van der Waals surface area (Å²) in [6, 6.07) is 3.64. The Morgan fingerprint density at radius 2 is 2.14 bits per heavy atom. The quantitative estimate of drug-likeness (QED) is 0.909. The number of hydrogen-bond acceptors (Lipinski definition) is 4. The molecule has 21 heavy (non-hydrogen) atoms. The molecule has 2 heterocycles. The van der Waals surface area contributed by atoms with Crippen LogP contribution in [0.1, 0.15) is 26.5 Å². The van der Waals surface area contributed by atoms with E-state index < -0.39 is 0 Å². The molecule has 0 aliphatic carbocycles. The van der Waals surface area contributed by atoms with Gasteiger partial charge in [-0.25, -0.2) is 9.78 Å². The van der Waals surface area contributed by atoms with Crippen LogP contribution in [0.5, 0.6) is 0 Å². The van der Waals surface area contributed by atoms with Crippen LogP contribution in [-0.4, -0.2) is 22.5 Å². The van der Waals surface area contributed by atoms with E-state index in [1.54, 1.807) is 12.4 Å². The normalized spacial score (nSPS) is 11.2. The van der Waals surface area contributed by atoms with Gasteiger partial charge in [0.25, 0.3) is 0 Å². The van der Waals surface area contributed by atoms with E-state index in [2.05, 4.69) is 41.4 Å². The highest BCUT2D eigenvalue weighted by Gasteiger charge is 2.14. The fourth-order valence-corrected chi connectivity index (χ4v) is 2.65. The van der Waals surface area contributed by atoms with E-state index in [0.717, 1.165) is 16.1 Å². The summed E-state index contributed by atoms with van der Waals surface area (Å²) >= 11 is 1.45. The molecule has 2 aromatic rings. The number of amides is 2. The topological polar surface area (TPSA) is 66.9 Å². The van der Waals surface area contributed by atoms with Gasteiger partial charge in [0, 0.05) is 24.5 Å². The number of carbonyl (C=O) groups is 1. The van der Waals surface area contributed by atoms with Gasteiger partial charge in [0.2, 0.25) is 0 Å². The first kappa shape index (κ1) is 15.4. The summed E-state index contributed by atoms with van der Waals surface area (Å²) < 4.78 is 0. The first-order valence-electron chi connectivity index (χ1n) is 6.78. The van der Waals surface area contributed by atoms with E-state index in [9.17, 15) is 4.79 Å². The maximum absolute atomic E-state index is 11.8. The number of thiazole rings is 1. The highest BCUT2D eigenvalue weighted by molar-refractivity contribution is 7.19. The summed E-state index contributed by atoms with van der Waals surface area (Å²) in [6.45, 7) is 8.75. The van der Waals surface area contributed by atoms with Gasteiger partial charge in [-0.05, 0) is 18.4 Å². The number of pyridine rings is 1. The van der Waals surface area contributed by atoms with Crippen molar-refractivity contribution >= 4 is 22.5 Å². The zero-order chi connectivity index (χ0) is 15.5. The molecule has 0 saturated heterocycles. The molecule has 0 aromatic carbocycles. The Hall–Kier alpha value is -1.95. The molecular formula is C15H20N4OS. The fraction of sp³-hybridized carbons (Fsp3) is 0.400. The van der Waals surface area contributed by atoms with Crippen LogP contribution in [0.3, 0.4) is 0 Å². The SMILES string of the molecule is Cc1nc(NC(=O)NCC(C)(C)C)sc1-c1cccnc1. The van der Waals surface area contributed by atoms with Crippen LogP contribution in [-0.2, 0) is 0 Å². The molecule has 2 N–H and O–H groups in total. The predicted molar refractivity (Wildman–Crippen MR) is 86.6 cm³/mol. The lowest BCUT2D eigenvalue weighted by molar-refractivity contribution is 0.247. The third-order valence-corrected chi connectivity index (χ3v) is 3.84. The highest BCUT2D eigenvalue weighted by Crippen LogP contribution is 2.31. The van der Waals surface area contributed by atoms with Crippen molar-refractivity contribution < 1.29 is 4.79 Å². The third-order valence-electron chi connectivity index (χ3n) is 2.72. The van der Waals surface area contributed by atoms with E-state index in [1.807, 2.05) is 19.1 Å². The zero-order valence-corrected chi connectivity index (χ0v) is 13.5. The van der Waals surface area contributed by atoms with Crippen molar-refractivity contribution in [2.75, 3.05) is 11.9 Å². The molecule has 0 saturated carbocycles. The molecule has 0 unspecified atom stereocenters.